The van der Waals surface area contributed by atoms with Crippen LogP contribution < -0.4 is 14.4 Å². The van der Waals surface area contributed by atoms with Gasteiger partial charge in [0.1, 0.15) is 23.7 Å². The van der Waals surface area contributed by atoms with Crippen LogP contribution in [-0.4, -0.2) is 49.3 Å². The highest BCUT2D eigenvalue weighted by Crippen LogP contribution is 2.38. The molecule has 1 aliphatic rings. The van der Waals surface area contributed by atoms with Crippen molar-refractivity contribution in [1.82, 2.24) is 9.55 Å². The molecule has 4 aromatic rings. The third-order valence-electron chi connectivity index (χ3n) is 7.99. The fourth-order valence-electron chi connectivity index (χ4n) is 5.72. The van der Waals surface area contributed by atoms with Gasteiger partial charge in [-0.25, -0.2) is 4.98 Å². The normalized spacial score (nSPS) is 13.8. The standard InChI is InChI=1S/C32H37N3O5S/c1-21-16-29(39-3)24(18-28(21)38-2)25-20-41-32(33-25)34(15-14-22-10-6-5-7-11-22)31(37)27-17-23-12-8-9-13-26(23)35(27)19-30(36)40-4/h8-9,12-13,16-18,20,22H,5-7,10-11,14-15,19H2,1-4H3. The third-order valence-corrected chi connectivity index (χ3v) is 8.85. The van der Waals surface area contributed by atoms with Crippen LogP contribution >= 0.6 is 11.3 Å². The first-order valence-corrected chi connectivity index (χ1v) is 15.0. The minimum absolute atomic E-state index is 0.0506. The molecule has 0 radical (unpaired) electrons. The summed E-state index contributed by atoms with van der Waals surface area (Å²) in [5.41, 5.74) is 3.73. The van der Waals surface area contributed by atoms with E-state index >= 15 is 0 Å². The van der Waals surface area contributed by atoms with Gasteiger partial charge in [-0.1, -0.05) is 50.3 Å². The summed E-state index contributed by atoms with van der Waals surface area (Å²) in [6.45, 7) is 2.46. The zero-order chi connectivity index (χ0) is 28.9. The maximum atomic E-state index is 14.4. The molecule has 2 aromatic heterocycles. The molecule has 0 unspecified atom stereocenters. The molecule has 0 spiro atoms. The van der Waals surface area contributed by atoms with E-state index in [0.29, 0.717) is 34.7 Å². The van der Waals surface area contributed by atoms with Gasteiger partial charge in [-0.3, -0.25) is 14.5 Å². The Morgan fingerprint density at radius 2 is 1.78 bits per heavy atom. The third kappa shape index (κ3) is 6.10. The topological polar surface area (TPSA) is 82.9 Å². The van der Waals surface area contributed by atoms with Gasteiger partial charge in [0.05, 0.1) is 27.0 Å². The van der Waals surface area contributed by atoms with Crippen molar-refractivity contribution in [2.24, 2.45) is 5.92 Å². The van der Waals surface area contributed by atoms with Gasteiger partial charge in [0.15, 0.2) is 5.13 Å². The average Bonchev–Trinajstić information content (AvgIpc) is 3.63. The number of hydrogen-bond acceptors (Lipinski definition) is 7. The van der Waals surface area contributed by atoms with E-state index < -0.39 is 5.97 Å². The van der Waals surface area contributed by atoms with Crippen LogP contribution in [0.5, 0.6) is 11.5 Å². The number of aromatic nitrogens is 2. The Hall–Kier alpha value is -3.85. The van der Waals surface area contributed by atoms with Crippen LogP contribution in [0.25, 0.3) is 22.2 Å². The predicted octanol–water partition coefficient (Wildman–Crippen LogP) is 6.88. The summed E-state index contributed by atoms with van der Waals surface area (Å²) in [7, 11) is 4.64. The SMILES string of the molecule is COC(=O)Cn1c(C(=O)N(CCC2CCCCC2)c2nc(-c3cc(OC)c(C)cc3OC)cs2)cc2ccccc21. The molecule has 2 heterocycles. The van der Waals surface area contributed by atoms with E-state index in [0.717, 1.165) is 34.2 Å². The maximum absolute atomic E-state index is 14.4. The Kier molecular flexibility index (Phi) is 8.93. The van der Waals surface area contributed by atoms with Crippen LogP contribution in [0.2, 0.25) is 0 Å². The second kappa shape index (κ2) is 12.8. The minimum Gasteiger partial charge on any atom is -0.496 e. The van der Waals surface area contributed by atoms with Crippen LogP contribution in [0.3, 0.4) is 0 Å². The van der Waals surface area contributed by atoms with E-state index in [9.17, 15) is 9.59 Å². The molecule has 0 aliphatic heterocycles. The molecule has 0 bridgehead atoms. The summed E-state index contributed by atoms with van der Waals surface area (Å²) in [5.74, 6) is 1.42. The first-order valence-electron chi connectivity index (χ1n) is 14.1. The number of esters is 1. The Morgan fingerprint density at radius 1 is 1.02 bits per heavy atom. The van der Waals surface area contributed by atoms with Crippen molar-refractivity contribution in [2.45, 2.75) is 52.0 Å². The monoisotopic (exact) mass is 575 g/mol. The fraction of sp³-hybridized carbons (Fsp3) is 0.406. The number of benzene rings is 2. The lowest BCUT2D eigenvalue weighted by Gasteiger charge is -2.26. The number of aryl methyl sites for hydroxylation is 1. The van der Waals surface area contributed by atoms with Gasteiger partial charge in [-0.05, 0) is 49.1 Å². The molecule has 1 amide bonds. The number of thiazole rings is 1. The van der Waals surface area contributed by atoms with E-state index in [4.69, 9.17) is 19.2 Å². The smallest absolute Gasteiger partial charge is 0.325 e. The number of hydrogen-bond donors (Lipinski definition) is 0. The maximum Gasteiger partial charge on any atom is 0.325 e. The van der Waals surface area contributed by atoms with Crippen LogP contribution in [-0.2, 0) is 16.1 Å². The number of ether oxygens (including phenoxy) is 3. The Balaban J connectivity index is 1.54. The van der Waals surface area contributed by atoms with Crippen molar-refractivity contribution >= 4 is 39.2 Å². The highest BCUT2D eigenvalue weighted by molar-refractivity contribution is 7.14. The number of methoxy groups -OCH3 is 3. The number of amides is 1. The molecule has 0 saturated heterocycles. The molecular formula is C32H37N3O5S. The summed E-state index contributed by atoms with van der Waals surface area (Å²) >= 11 is 1.43. The van der Waals surface area contributed by atoms with E-state index in [-0.39, 0.29) is 12.5 Å². The molecule has 9 heteroatoms. The first-order chi connectivity index (χ1) is 19.9. The van der Waals surface area contributed by atoms with Crippen molar-refractivity contribution in [2.75, 3.05) is 32.8 Å². The van der Waals surface area contributed by atoms with E-state index in [1.165, 1.54) is 50.6 Å². The number of anilines is 1. The highest BCUT2D eigenvalue weighted by Gasteiger charge is 2.28. The van der Waals surface area contributed by atoms with Gasteiger partial charge in [0, 0.05) is 28.4 Å². The van der Waals surface area contributed by atoms with Crippen molar-refractivity contribution in [3.63, 3.8) is 0 Å². The fourth-order valence-corrected chi connectivity index (χ4v) is 6.57. The number of fused-ring (bicyclic) bond motifs is 1. The van der Waals surface area contributed by atoms with Gasteiger partial charge < -0.3 is 18.8 Å². The molecule has 5 rings (SSSR count). The summed E-state index contributed by atoms with van der Waals surface area (Å²) in [5, 5.41) is 3.45. The summed E-state index contributed by atoms with van der Waals surface area (Å²) in [4.78, 5) is 33.5. The summed E-state index contributed by atoms with van der Waals surface area (Å²) < 4.78 is 17.9. The lowest BCUT2D eigenvalue weighted by molar-refractivity contribution is -0.141. The molecule has 41 heavy (non-hydrogen) atoms. The number of rotatable bonds is 10. The van der Waals surface area contributed by atoms with Gasteiger partial charge in [0.2, 0.25) is 0 Å². The zero-order valence-corrected chi connectivity index (χ0v) is 25.0. The number of nitrogens with zero attached hydrogens (tertiary/aromatic N) is 3. The predicted molar refractivity (Wildman–Crippen MR) is 162 cm³/mol. The van der Waals surface area contributed by atoms with Crippen molar-refractivity contribution < 1.29 is 23.8 Å². The van der Waals surface area contributed by atoms with Gasteiger partial charge in [-0.15, -0.1) is 11.3 Å². The number of para-hydroxylation sites is 1. The molecule has 1 saturated carbocycles. The summed E-state index contributed by atoms with van der Waals surface area (Å²) in [6, 6.07) is 13.4. The molecule has 0 N–H and O–H groups in total. The van der Waals surface area contributed by atoms with Crippen LogP contribution in [0.4, 0.5) is 5.13 Å². The van der Waals surface area contributed by atoms with Crippen LogP contribution in [0, 0.1) is 12.8 Å². The van der Waals surface area contributed by atoms with Gasteiger partial charge in [0.25, 0.3) is 5.91 Å². The Morgan fingerprint density at radius 3 is 2.51 bits per heavy atom. The molecule has 1 aliphatic carbocycles. The highest BCUT2D eigenvalue weighted by atomic mass is 32.1. The second-order valence-corrected chi connectivity index (χ2v) is 11.4. The molecule has 1 fully saturated rings. The van der Waals surface area contributed by atoms with Crippen molar-refractivity contribution in [1.29, 1.82) is 0 Å². The van der Waals surface area contributed by atoms with Gasteiger partial charge >= 0.3 is 5.97 Å². The number of carbonyl (C=O) groups excluding carboxylic acids is 2. The van der Waals surface area contributed by atoms with E-state index in [2.05, 4.69) is 0 Å². The molecule has 8 nitrogen and oxygen atoms in total. The minimum atomic E-state index is -0.411. The van der Waals surface area contributed by atoms with Crippen LogP contribution in [0.1, 0.15) is 54.6 Å². The largest absolute Gasteiger partial charge is 0.496 e. The van der Waals surface area contributed by atoms with Crippen molar-refractivity contribution in [3.05, 3.63) is 59.1 Å². The quantitative estimate of drug-likeness (QED) is 0.192. The summed E-state index contributed by atoms with van der Waals surface area (Å²) in [6.07, 6.45) is 7.04. The number of carbonyl (C=O) groups is 2. The average molecular weight is 576 g/mol. The zero-order valence-electron chi connectivity index (χ0n) is 24.1. The molecule has 2 aromatic carbocycles. The van der Waals surface area contributed by atoms with E-state index in [1.807, 2.05) is 54.8 Å². The lowest BCUT2D eigenvalue weighted by Crippen LogP contribution is -2.35. The second-order valence-electron chi connectivity index (χ2n) is 10.5. The molecular weight excluding hydrogens is 538 g/mol. The molecule has 216 valence electrons. The van der Waals surface area contributed by atoms with Gasteiger partial charge in [-0.2, -0.15) is 0 Å². The Labute approximate surface area is 244 Å². The van der Waals surface area contributed by atoms with Crippen LogP contribution in [0.15, 0.2) is 47.8 Å². The van der Waals surface area contributed by atoms with Crippen molar-refractivity contribution in [3.8, 4) is 22.8 Å². The Bertz CT molecular complexity index is 1540. The van der Waals surface area contributed by atoms with E-state index in [1.54, 1.807) is 23.7 Å². The molecule has 0 atom stereocenters. The first kappa shape index (κ1) is 28.7. The lowest BCUT2D eigenvalue weighted by atomic mass is 9.87.